The van der Waals surface area contributed by atoms with Crippen LogP contribution in [0.3, 0.4) is 0 Å². The van der Waals surface area contributed by atoms with Crippen LogP contribution in [-0.4, -0.2) is 24.9 Å². The monoisotopic (exact) mass is 976 g/mol. The number of hydrogen-bond acceptors (Lipinski definition) is 5. The van der Waals surface area contributed by atoms with E-state index in [4.69, 9.17) is 14.5 Å². The second kappa shape index (κ2) is 15.6. The van der Waals surface area contributed by atoms with Crippen molar-refractivity contribution in [2.24, 2.45) is 0 Å². The van der Waals surface area contributed by atoms with Crippen LogP contribution >= 0.6 is 0 Å². The molecule has 0 aliphatic carbocycles. The second-order valence-electron chi connectivity index (χ2n) is 17.4. The zero-order chi connectivity index (χ0) is 41.2. The molecule has 0 spiro atoms. The maximum Gasteiger partial charge on any atom is 0.184 e. The van der Waals surface area contributed by atoms with Crippen LogP contribution in [-0.2, 0) is 31.2 Å². The van der Waals surface area contributed by atoms with E-state index in [0.717, 1.165) is 78.3 Å². The van der Waals surface area contributed by atoms with Crippen molar-refractivity contribution in [3.05, 3.63) is 199 Å². The Balaban J connectivity index is 0.00000476. The Hall–Kier alpha value is -6.36. The van der Waals surface area contributed by atoms with Crippen LogP contribution in [0.2, 0.25) is 0 Å². The molecule has 8 aromatic rings. The van der Waals surface area contributed by atoms with Gasteiger partial charge in [-0.15, -0.1) is 41.3 Å². The molecule has 0 atom stereocenters. The number of nitrogens with zero attached hydrogens (tertiary/aromatic N) is 4. The number of benzene rings is 6. The molecule has 2 aliphatic heterocycles. The summed E-state index contributed by atoms with van der Waals surface area (Å²) >= 11 is 0. The van der Waals surface area contributed by atoms with Crippen molar-refractivity contribution >= 4 is 33.2 Å². The number of pyridine rings is 1. The first-order valence-corrected chi connectivity index (χ1v) is 20.4. The minimum absolute atomic E-state index is 0. The fraction of sp³-hybridized carbons (Fsp3) is 0.148. The Morgan fingerprint density at radius 2 is 1.31 bits per heavy atom. The van der Waals surface area contributed by atoms with Gasteiger partial charge in [0, 0.05) is 55.4 Å². The Bertz CT molecular complexity index is 2930. The first kappa shape index (κ1) is 40.1. The summed E-state index contributed by atoms with van der Waals surface area (Å²) in [6.45, 7) is 15.5. The number of fused-ring (bicyclic) bond motifs is 4. The van der Waals surface area contributed by atoms with Gasteiger partial charge in [-0.25, -0.2) is 4.98 Å². The minimum atomic E-state index is -0.284. The zero-order valence-corrected chi connectivity index (χ0v) is 37.3. The van der Waals surface area contributed by atoms with Gasteiger partial charge >= 0.3 is 0 Å². The molecule has 2 aliphatic rings. The molecule has 2 aromatic heterocycles. The van der Waals surface area contributed by atoms with Crippen LogP contribution in [0.25, 0.3) is 61.3 Å². The summed E-state index contributed by atoms with van der Waals surface area (Å²) in [7, 11) is 0. The van der Waals surface area contributed by atoms with E-state index in [1.165, 1.54) is 5.56 Å². The largest absolute Gasteiger partial charge is 0.503 e. The summed E-state index contributed by atoms with van der Waals surface area (Å²) < 4.78 is 15.4. The molecular formula is C54H45N4O2Pt-3. The molecule has 4 heterocycles. The molecule has 61 heavy (non-hydrogen) atoms. The van der Waals surface area contributed by atoms with Crippen molar-refractivity contribution in [1.29, 1.82) is 0 Å². The molecule has 0 N–H and O–H groups in total. The molecule has 0 radical (unpaired) electrons. The smallest absolute Gasteiger partial charge is 0.184 e. The van der Waals surface area contributed by atoms with Crippen LogP contribution in [0.5, 0.6) is 11.5 Å². The van der Waals surface area contributed by atoms with Crippen molar-refractivity contribution in [2.45, 2.75) is 52.5 Å². The van der Waals surface area contributed by atoms with Crippen LogP contribution in [0, 0.1) is 18.8 Å². The average molecular weight is 977 g/mol. The fourth-order valence-corrected chi connectivity index (χ4v) is 8.30. The van der Waals surface area contributed by atoms with E-state index < -0.39 is 0 Å². The molecule has 0 saturated heterocycles. The standard InChI is InChI=1S/C54H45N4O2.Pt/c1-53(2,3)39-29-30-55-49(32-39)58-46-26-14-13-23-44(46)45-28-27-41(33-47(45)58)60-40-22-15-21-38(31-40)48-34-59-52-51(57(35-56(48)52)54(4,5)6)50-42(36-17-9-7-10-18-36)24-16-25-43(50)37-19-11-8-12-20-37;/h7-30,32,34-35H,1-6H3;/q-3;. The molecular weight excluding hydrogens is 932 g/mol. The SMILES string of the molecule is CC(C)(C)c1ccnc(-n2c3[c-]c(Oc4[c-]c(C5=COC6=C(c7c(-c8ccccc8)cccc7-c7ccccc7)N(C(C)(C)C)[CH-]N56)ccc4)ccc3c3ccccc32)c1.[Pt]. The van der Waals surface area contributed by atoms with Crippen molar-refractivity contribution in [1.82, 2.24) is 19.4 Å². The molecule has 0 unspecified atom stereocenters. The topological polar surface area (TPSA) is 42.8 Å². The van der Waals surface area contributed by atoms with Crippen LogP contribution in [0.4, 0.5) is 0 Å². The van der Waals surface area contributed by atoms with Gasteiger partial charge in [0.2, 0.25) is 0 Å². The second-order valence-corrected chi connectivity index (χ2v) is 17.4. The number of rotatable bonds is 7. The van der Waals surface area contributed by atoms with Gasteiger partial charge < -0.3 is 23.8 Å². The van der Waals surface area contributed by atoms with Gasteiger partial charge in [-0.05, 0) is 83.3 Å². The van der Waals surface area contributed by atoms with Crippen molar-refractivity contribution in [2.75, 3.05) is 0 Å². The molecule has 7 heteroatoms. The van der Waals surface area contributed by atoms with Gasteiger partial charge in [0.15, 0.2) is 5.88 Å². The van der Waals surface area contributed by atoms with Crippen LogP contribution < -0.4 is 4.74 Å². The number of aromatic nitrogens is 2. The van der Waals surface area contributed by atoms with E-state index in [0.29, 0.717) is 11.5 Å². The first-order valence-electron chi connectivity index (χ1n) is 20.4. The average Bonchev–Trinajstić information content (AvgIpc) is 3.94. The number of para-hydroxylation sites is 1. The van der Waals surface area contributed by atoms with Crippen molar-refractivity contribution < 1.29 is 30.5 Å². The molecule has 6 aromatic carbocycles. The first-order chi connectivity index (χ1) is 29.0. The molecule has 10 rings (SSSR count). The summed E-state index contributed by atoms with van der Waals surface area (Å²) in [6, 6.07) is 57.7. The van der Waals surface area contributed by atoms with Crippen LogP contribution in [0.15, 0.2) is 164 Å². The molecule has 306 valence electrons. The van der Waals surface area contributed by atoms with E-state index >= 15 is 0 Å². The van der Waals surface area contributed by atoms with Gasteiger partial charge in [-0.3, -0.25) is 0 Å². The van der Waals surface area contributed by atoms with E-state index in [9.17, 15) is 0 Å². The maximum atomic E-state index is 6.63. The predicted octanol–water partition coefficient (Wildman–Crippen LogP) is 13.4. The summed E-state index contributed by atoms with van der Waals surface area (Å²) in [5.74, 6) is 2.75. The van der Waals surface area contributed by atoms with Crippen molar-refractivity contribution in [3.63, 3.8) is 0 Å². The molecule has 0 saturated carbocycles. The minimum Gasteiger partial charge on any atom is -0.503 e. The summed E-state index contributed by atoms with van der Waals surface area (Å²) in [5, 5.41) is 2.22. The van der Waals surface area contributed by atoms with E-state index in [2.05, 4.69) is 196 Å². The van der Waals surface area contributed by atoms with E-state index in [1.807, 2.05) is 36.7 Å². The molecule has 0 amide bonds. The van der Waals surface area contributed by atoms with Gasteiger partial charge in [-0.1, -0.05) is 129 Å². The number of ether oxygens (including phenoxy) is 2. The Morgan fingerprint density at radius 1 is 0.656 bits per heavy atom. The normalized spacial score (nSPS) is 14.0. The molecule has 0 fully saturated rings. The van der Waals surface area contributed by atoms with Crippen molar-refractivity contribution in [3.8, 4) is 39.6 Å². The molecule has 6 nitrogen and oxygen atoms in total. The van der Waals surface area contributed by atoms with E-state index in [-0.39, 0.29) is 32.0 Å². The molecule has 0 bridgehead atoms. The van der Waals surface area contributed by atoms with Gasteiger partial charge in [0.1, 0.15) is 5.82 Å². The third-order valence-electron chi connectivity index (χ3n) is 11.3. The van der Waals surface area contributed by atoms with E-state index in [1.54, 1.807) is 0 Å². The van der Waals surface area contributed by atoms with Crippen LogP contribution in [0.1, 0.15) is 58.2 Å². The summed E-state index contributed by atoms with van der Waals surface area (Å²) in [4.78, 5) is 9.31. The fourth-order valence-electron chi connectivity index (χ4n) is 8.30. The van der Waals surface area contributed by atoms with Gasteiger partial charge in [0.05, 0.1) is 12.0 Å². The summed E-state index contributed by atoms with van der Waals surface area (Å²) in [6.07, 6.45) is 3.72. The quantitative estimate of drug-likeness (QED) is 0.149. The third-order valence-corrected chi connectivity index (χ3v) is 11.3. The van der Waals surface area contributed by atoms with Gasteiger partial charge in [-0.2, -0.15) is 12.7 Å². The Labute approximate surface area is 372 Å². The maximum absolute atomic E-state index is 6.63. The number of hydrogen-bond donors (Lipinski definition) is 0. The third kappa shape index (κ3) is 7.23. The summed E-state index contributed by atoms with van der Waals surface area (Å²) in [5.41, 5.74) is 11.2. The Kier molecular flexibility index (Phi) is 10.2. The zero-order valence-electron chi connectivity index (χ0n) is 35.0. The Morgan fingerprint density at radius 3 is 2.00 bits per heavy atom. The predicted molar refractivity (Wildman–Crippen MR) is 242 cm³/mol. The van der Waals surface area contributed by atoms with Gasteiger partial charge in [0.25, 0.3) is 0 Å².